The Morgan fingerprint density at radius 3 is 2.27 bits per heavy atom. The van der Waals surface area contributed by atoms with Gasteiger partial charge in [0.25, 0.3) is 0 Å². The molecule has 1 aromatic heterocycles. The minimum absolute atomic E-state index is 0.676. The number of rotatable bonds is 1. The predicted molar refractivity (Wildman–Crippen MR) is 111 cm³/mol. The summed E-state index contributed by atoms with van der Waals surface area (Å²) in [7, 11) is 0. The fourth-order valence-corrected chi connectivity index (χ4v) is 4.02. The molecule has 0 spiro atoms. The van der Waals surface area contributed by atoms with Crippen molar-refractivity contribution in [3.05, 3.63) is 88.9 Å². The molecule has 0 saturated heterocycles. The van der Waals surface area contributed by atoms with Gasteiger partial charge in [-0.15, -0.1) is 0 Å². The Hall–Kier alpha value is -3.09. The van der Waals surface area contributed by atoms with Crippen LogP contribution in [0.1, 0.15) is 5.56 Å². The predicted octanol–water partition coefficient (Wildman–Crippen LogP) is 6.57. The van der Waals surface area contributed by atoms with Gasteiger partial charge in [0.05, 0.1) is 22.7 Å². The summed E-state index contributed by atoms with van der Waals surface area (Å²) in [6, 6.07) is 29.4. The number of halogens is 1. The fraction of sp³-hybridized carbons (Fsp3) is 0. The molecule has 0 saturated carbocycles. The molecule has 4 aromatic carbocycles. The van der Waals surface area contributed by atoms with Crippen molar-refractivity contribution < 1.29 is 0 Å². The normalized spacial score (nSPS) is 11.2. The monoisotopic (exact) mass is 396 g/mol. The Balaban J connectivity index is 1.92. The number of nitrogens with zero attached hydrogens (tertiary/aromatic N) is 2. The van der Waals surface area contributed by atoms with E-state index in [2.05, 4.69) is 87.2 Å². The number of hydrogen-bond acceptors (Lipinski definition) is 1. The third-order valence-electron chi connectivity index (χ3n) is 4.85. The van der Waals surface area contributed by atoms with Gasteiger partial charge in [-0.2, -0.15) is 5.26 Å². The SMILES string of the molecule is N#Cc1ccc2c(c1)c1cc(Br)ccc1n2-c1ccc2ccccc2c1. The quantitative estimate of drug-likeness (QED) is 0.314. The van der Waals surface area contributed by atoms with E-state index in [1.807, 2.05) is 18.2 Å². The van der Waals surface area contributed by atoms with Crippen LogP contribution >= 0.6 is 15.9 Å². The Bertz CT molecular complexity index is 1360. The van der Waals surface area contributed by atoms with Crippen LogP contribution in [0.25, 0.3) is 38.3 Å². The molecule has 0 aliphatic carbocycles. The molecule has 1 heterocycles. The standard InChI is InChI=1S/C23H13BrN2/c24-18-7-10-23-21(13-18)20-11-15(14-25)5-9-22(20)26(23)19-8-6-16-3-1-2-4-17(16)12-19/h1-13H. The van der Waals surface area contributed by atoms with Gasteiger partial charge in [-0.1, -0.05) is 46.3 Å². The topological polar surface area (TPSA) is 28.7 Å². The average molecular weight is 397 g/mol. The number of nitriles is 1. The van der Waals surface area contributed by atoms with Gasteiger partial charge in [-0.25, -0.2) is 0 Å². The van der Waals surface area contributed by atoms with Crippen LogP contribution in [-0.4, -0.2) is 4.57 Å². The van der Waals surface area contributed by atoms with Crippen LogP contribution < -0.4 is 0 Å². The van der Waals surface area contributed by atoms with Gasteiger partial charge >= 0.3 is 0 Å². The van der Waals surface area contributed by atoms with Gasteiger partial charge in [-0.3, -0.25) is 0 Å². The molecule has 0 N–H and O–H groups in total. The molecular formula is C23H13BrN2. The third-order valence-corrected chi connectivity index (χ3v) is 5.34. The van der Waals surface area contributed by atoms with Crippen LogP contribution in [0, 0.1) is 11.3 Å². The van der Waals surface area contributed by atoms with Crippen molar-refractivity contribution in [1.82, 2.24) is 4.57 Å². The van der Waals surface area contributed by atoms with Crippen LogP contribution in [-0.2, 0) is 0 Å². The lowest BCUT2D eigenvalue weighted by molar-refractivity contribution is 1.18. The Morgan fingerprint density at radius 2 is 1.46 bits per heavy atom. The Kier molecular flexibility index (Phi) is 3.34. The van der Waals surface area contributed by atoms with Gasteiger partial charge in [0.15, 0.2) is 0 Å². The molecule has 3 heteroatoms. The van der Waals surface area contributed by atoms with Crippen molar-refractivity contribution in [1.29, 1.82) is 5.26 Å². The first-order chi connectivity index (χ1) is 12.7. The first-order valence-electron chi connectivity index (χ1n) is 8.37. The molecule has 0 bridgehead atoms. The van der Waals surface area contributed by atoms with Crippen LogP contribution in [0.3, 0.4) is 0 Å². The number of aromatic nitrogens is 1. The van der Waals surface area contributed by atoms with Crippen LogP contribution in [0.4, 0.5) is 0 Å². The van der Waals surface area contributed by atoms with Crippen molar-refractivity contribution in [3.8, 4) is 11.8 Å². The molecule has 0 unspecified atom stereocenters. The Labute approximate surface area is 159 Å². The summed E-state index contributed by atoms with van der Waals surface area (Å²) in [5.74, 6) is 0. The van der Waals surface area contributed by atoms with E-state index in [1.54, 1.807) is 0 Å². The van der Waals surface area contributed by atoms with Crippen molar-refractivity contribution in [3.63, 3.8) is 0 Å². The zero-order valence-corrected chi connectivity index (χ0v) is 15.4. The Morgan fingerprint density at radius 1 is 0.731 bits per heavy atom. The van der Waals surface area contributed by atoms with Crippen molar-refractivity contribution in [2.45, 2.75) is 0 Å². The molecule has 5 rings (SSSR count). The third kappa shape index (κ3) is 2.23. The van der Waals surface area contributed by atoms with E-state index in [0.717, 1.165) is 32.0 Å². The van der Waals surface area contributed by atoms with Gasteiger partial charge in [-0.05, 0) is 59.3 Å². The maximum absolute atomic E-state index is 9.30. The molecule has 0 atom stereocenters. The van der Waals surface area contributed by atoms with Gasteiger partial charge in [0.2, 0.25) is 0 Å². The summed E-state index contributed by atoms with van der Waals surface area (Å²) in [5.41, 5.74) is 4.03. The van der Waals surface area contributed by atoms with Gasteiger partial charge in [0, 0.05) is 20.9 Å². The highest BCUT2D eigenvalue weighted by Crippen LogP contribution is 2.34. The lowest BCUT2D eigenvalue weighted by atomic mass is 10.1. The zero-order chi connectivity index (χ0) is 17.7. The van der Waals surface area contributed by atoms with Gasteiger partial charge < -0.3 is 4.57 Å². The number of benzene rings is 4. The lowest BCUT2D eigenvalue weighted by Crippen LogP contribution is -1.93. The highest BCUT2D eigenvalue weighted by molar-refractivity contribution is 9.10. The molecule has 0 aliphatic rings. The summed E-state index contributed by atoms with van der Waals surface area (Å²) in [6.45, 7) is 0. The van der Waals surface area contributed by atoms with E-state index in [0.29, 0.717) is 5.56 Å². The smallest absolute Gasteiger partial charge is 0.0991 e. The largest absolute Gasteiger partial charge is 0.309 e. The molecular weight excluding hydrogens is 384 g/mol. The molecule has 26 heavy (non-hydrogen) atoms. The van der Waals surface area contributed by atoms with Crippen molar-refractivity contribution in [2.75, 3.05) is 0 Å². The van der Waals surface area contributed by atoms with Crippen LogP contribution in [0.2, 0.25) is 0 Å². The maximum atomic E-state index is 9.30. The van der Waals surface area contributed by atoms with Crippen molar-refractivity contribution >= 4 is 48.5 Å². The second-order valence-electron chi connectivity index (χ2n) is 6.37. The van der Waals surface area contributed by atoms with E-state index >= 15 is 0 Å². The summed E-state index contributed by atoms with van der Waals surface area (Å²) >= 11 is 3.58. The van der Waals surface area contributed by atoms with E-state index in [-0.39, 0.29) is 0 Å². The summed E-state index contributed by atoms with van der Waals surface area (Å²) in [4.78, 5) is 0. The first kappa shape index (κ1) is 15.2. The van der Waals surface area contributed by atoms with E-state index in [9.17, 15) is 5.26 Å². The molecule has 0 radical (unpaired) electrons. The maximum Gasteiger partial charge on any atom is 0.0991 e. The lowest BCUT2D eigenvalue weighted by Gasteiger charge is -2.09. The molecule has 0 aliphatic heterocycles. The van der Waals surface area contributed by atoms with E-state index in [1.165, 1.54) is 10.8 Å². The molecule has 0 fully saturated rings. The summed E-state index contributed by atoms with van der Waals surface area (Å²) in [6.07, 6.45) is 0. The van der Waals surface area contributed by atoms with Gasteiger partial charge in [0.1, 0.15) is 0 Å². The minimum atomic E-state index is 0.676. The van der Waals surface area contributed by atoms with E-state index in [4.69, 9.17) is 0 Å². The molecule has 5 aromatic rings. The fourth-order valence-electron chi connectivity index (χ4n) is 3.66. The second-order valence-corrected chi connectivity index (χ2v) is 7.29. The summed E-state index contributed by atoms with van der Waals surface area (Å²) in [5, 5.41) is 14.0. The second kappa shape index (κ2) is 5.72. The molecule has 2 nitrogen and oxygen atoms in total. The zero-order valence-electron chi connectivity index (χ0n) is 13.8. The first-order valence-corrected chi connectivity index (χ1v) is 9.17. The number of fused-ring (bicyclic) bond motifs is 4. The highest BCUT2D eigenvalue weighted by Gasteiger charge is 2.13. The van der Waals surface area contributed by atoms with Crippen LogP contribution in [0.5, 0.6) is 0 Å². The molecule has 122 valence electrons. The van der Waals surface area contributed by atoms with Crippen LogP contribution in [0.15, 0.2) is 83.3 Å². The highest BCUT2D eigenvalue weighted by atomic mass is 79.9. The minimum Gasteiger partial charge on any atom is -0.309 e. The van der Waals surface area contributed by atoms with Crippen molar-refractivity contribution in [2.24, 2.45) is 0 Å². The number of hydrogen-bond donors (Lipinski definition) is 0. The average Bonchev–Trinajstić information content (AvgIpc) is 3.00. The summed E-state index contributed by atoms with van der Waals surface area (Å²) < 4.78 is 3.30. The molecule has 0 amide bonds. The van der Waals surface area contributed by atoms with E-state index < -0.39 is 0 Å².